The molecule has 0 aliphatic rings. The van der Waals surface area contributed by atoms with Gasteiger partial charge in [-0.3, -0.25) is 0 Å². The third kappa shape index (κ3) is 3.07. The minimum Gasteiger partial charge on any atom is -0.416 e. The molecule has 3 heterocycles. The Kier molecular flexibility index (Phi) is 3.83. The fraction of sp³-hybridized carbons (Fsp3) is 0.333. The second-order valence-electron chi connectivity index (χ2n) is 4.16. The summed E-state index contributed by atoms with van der Waals surface area (Å²) in [6, 6.07) is 4.05. The zero-order chi connectivity index (χ0) is 13.9. The molecule has 0 unspecified atom stereocenters. The molecule has 0 spiro atoms. The van der Waals surface area contributed by atoms with Gasteiger partial charge in [0, 0.05) is 4.88 Å². The molecule has 0 aromatic carbocycles. The molecule has 0 saturated carbocycles. The summed E-state index contributed by atoms with van der Waals surface area (Å²) in [5.74, 6) is 1.80. The third-order valence-electron chi connectivity index (χ3n) is 2.52. The first-order chi connectivity index (χ1) is 9.70. The number of thioether (sulfide) groups is 1. The average molecular weight is 308 g/mol. The quantitative estimate of drug-likeness (QED) is 0.669. The van der Waals surface area contributed by atoms with Crippen molar-refractivity contribution in [3.05, 3.63) is 40.0 Å². The van der Waals surface area contributed by atoms with Crippen molar-refractivity contribution in [2.45, 2.75) is 30.7 Å². The van der Waals surface area contributed by atoms with Crippen LogP contribution >= 0.6 is 23.1 Å². The minimum atomic E-state index is -0.0220. The Hall–Kier alpha value is -1.67. The minimum absolute atomic E-state index is 0.0220. The molecule has 0 aliphatic heterocycles. The van der Waals surface area contributed by atoms with Gasteiger partial charge in [0.1, 0.15) is 0 Å². The highest BCUT2D eigenvalue weighted by Crippen LogP contribution is 2.33. The summed E-state index contributed by atoms with van der Waals surface area (Å²) in [5, 5.41) is 14.4. The predicted octanol–water partition coefficient (Wildman–Crippen LogP) is 3.27. The van der Waals surface area contributed by atoms with E-state index < -0.39 is 0 Å². The molecule has 1 atom stereocenters. The van der Waals surface area contributed by atoms with Gasteiger partial charge in [-0.2, -0.15) is 4.98 Å². The zero-order valence-corrected chi connectivity index (χ0v) is 12.6. The van der Waals surface area contributed by atoms with E-state index in [9.17, 15) is 0 Å². The highest BCUT2D eigenvalue weighted by Gasteiger charge is 2.18. The molecule has 0 bridgehead atoms. The lowest BCUT2D eigenvalue weighted by atomic mass is 10.3. The molecule has 0 N–H and O–H groups in total. The summed E-state index contributed by atoms with van der Waals surface area (Å²) in [4.78, 5) is 5.39. The van der Waals surface area contributed by atoms with Crippen molar-refractivity contribution in [1.29, 1.82) is 0 Å². The summed E-state index contributed by atoms with van der Waals surface area (Å²) in [7, 11) is 0. The van der Waals surface area contributed by atoms with Crippen LogP contribution in [0.4, 0.5) is 0 Å². The lowest BCUT2D eigenvalue weighted by Crippen LogP contribution is -1.88. The largest absolute Gasteiger partial charge is 0.416 e. The predicted molar refractivity (Wildman–Crippen MR) is 74.7 cm³/mol. The molecule has 0 radical (unpaired) electrons. The van der Waals surface area contributed by atoms with Crippen LogP contribution in [0.3, 0.4) is 0 Å². The molecule has 0 amide bonds. The van der Waals surface area contributed by atoms with Crippen LogP contribution in [0.1, 0.15) is 34.7 Å². The van der Waals surface area contributed by atoms with E-state index >= 15 is 0 Å². The van der Waals surface area contributed by atoms with Gasteiger partial charge in [0.25, 0.3) is 5.22 Å². The van der Waals surface area contributed by atoms with E-state index in [1.54, 1.807) is 18.3 Å². The third-order valence-corrected chi connectivity index (χ3v) is 4.32. The summed E-state index contributed by atoms with van der Waals surface area (Å²) >= 11 is 3.08. The van der Waals surface area contributed by atoms with Crippen molar-refractivity contribution in [2.75, 3.05) is 0 Å². The Labute approximate surface area is 123 Å². The Morgan fingerprint density at radius 1 is 1.40 bits per heavy atom. The lowest BCUT2D eigenvalue weighted by Gasteiger charge is -2.00. The van der Waals surface area contributed by atoms with Crippen LogP contribution < -0.4 is 0 Å². The van der Waals surface area contributed by atoms with E-state index in [2.05, 4.69) is 20.3 Å². The van der Waals surface area contributed by atoms with Crippen molar-refractivity contribution in [1.82, 2.24) is 20.3 Å². The SMILES string of the molecule is Cc1noc([C@H](C)Sc2nnc(Cc3cccs3)o2)n1. The highest BCUT2D eigenvalue weighted by atomic mass is 32.2. The van der Waals surface area contributed by atoms with Crippen LogP contribution in [-0.2, 0) is 6.42 Å². The molecule has 20 heavy (non-hydrogen) atoms. The van der Waals surface area contributed by atoms with Crippen LogP contribution in [0, 0.1) is 6.92 Å². The Bertz CT molecular complexity index is 677. The van der Waals surface area contributed by atoms with Gasteiger partial charge in [-0.15, -0.1) is 21.5 Å². The Balaban J connectivity index is 1.65. The number of hydrogen-bond acceptors (Lipinski definition) is 8. The first-order valence-corrected chi connectivity index (χ1v) is 7.78. The second kappa shape index (κ2) is 5.76. The fourth-order valence-corrected chi connectivity index (χ4v) is 3.03. The molecular weight excluding hydrogens is 296 g/mol. The standard InChI is InChI=1S/C12H12N4O2S2/c1-7(11-13-8(2)16-18-11)20-12-15-14-10(17-12)6-9-4-3-5-19-9/h3-5,7H,6H2,1-2H3/t7-/m0/s1. The van der Waals surface area contributed by atoms with Crippen LogP contribution in [0.5, 0.6) is 0 Å². The first-order valence-electron chi connectivity index (χ1n) is 6.02. The second-order valence-corrected chi connectivity index (χ2v) is 6.48. The number of rotatable bonds is 5. The van der Waals surface area contributed by atoms with E-state index in [1.165, 1.54) is 16.6 Å². The van der Waals surface area contributed by atoms with E-state index in [4.69, 9.17) is 8.94 Å². The first kappa shape index (κ1) is 13.3. The van der Waals surface area contributed by atoms with E-state index in [1.807, 2.05) is 24.4 Å². The average Bonchev–Trinajstić information content (AvgIpc) is 3.13. The summed E-state index contributed by atoms with van der Waals surface area (Å²) < 4.78 is 10.7. The number of nitrogens with zero attached hydrogens (tertiary/aromatic N) is 4. The van der Waals surface area contributed by atoms with Gasteiger partial charge in [-0.1, -0.05) is 23.0 Å². The van der Waals surface area contributed by atoms with E-state index in [0.717, 1.165) is 0 Å². The maximum absolute atomic E-state index is 5.61. The topological polar surface area (TPSA) is 77.8 Å². The van der Waals surface area contributed by atoms with Gasteiger partial charge >= 0.3 is 0 Å². The molecule has 3 aromatic rings. The van der Waals surface area contributed by atoms with Crippen molar-refractivity contribution in [3.63, 3.8) is 0 Å². The molecule has 8 heteroatoms. The number of aromatic nitrogens is 4. The lowest BCUT2D eigenvalue weighted by molar-refractivity contribution is 0.374. The van der Waals surface area contributed by atoms with E-state index in [0.29, 0.717) is 29.2 Å². The van der Waals surface area contributed by atoms with Crippen LogP contribution in [0.2, 0.25) is 0 Å². The molecule has 0 fully saturated rings. The maximum atomic E-state index is 5.61. The summed E-state index contributed by atoms with van der Waals surface area (Å²) in [6.45, 7) is 3.75. The number of aryl methyl sites for hydroxylation is 1. The number of thiophene rings is 1. The van der Waals surface area contributed by atoms with Crippen molar-refractivity contribution in [3.8, 4) is 0 Å². The van der Waals surface area contributed by atoms with Gasteiger partial charge in [0.15, 0.2) is 5.82 Å². The highest BCUT2D eigenvalue weighted by molar-refractivity contribution is 7.99. The van der Waals surface area contributed by atoms with Crippen molar-refractivity contribution < 1.29 is 8.94 Å². The number of hydrogen-bond donors (Lipinski definition) is 0. The van der Waals surface area contributed by atoms with Crippen LogP contribution in [0.15, 0.2) is 31.7 Å². The molecule has 0 saturated heterocycles. The zero-order valence-electron chi connectivity index (χ0n) is 10.9. The van der Waals surface area contributed by atoms with Crippen LogP contribution in [0.25, 0.3) is 0 Å². The smallest absolute Gasteiger partial charge is 0.277 e. The maximum Gasteiger partial charge on any atom is 0.277 e. The normalized spacial score (nSPS) is 12.7. The van der Waals surface area contributed by atoms with E-state index in [-0.39, 0.29) is 5.25 Å². The molecule has 3 aromatic heterocycles. The molecule has 3 rings (SSSR count). The van der Waals surface area contributed by atoms with Gasteiger partial charge in [0.05, 0.1) is 11.7 Å². The van der Waals surface area contributed by atoms with Crippen molar-refractivity contribution >= 4 is 23.1 Å². The summed E-state index contributed by atoms with van der Waals surface area (Å²) in [5.41, 5.74) is 0. The Morgan fingerprint density at radius 3 is 3.00 bits per heavy atom. The van der Waals surface area contributed by atoms with Gasteiger partial charge in [0.2, 0.25) is 11.8 Å². The molecule has 6 nitrogen and oxygen atoms in total. The Morgan fingerprint density at radius 2 is 2.30 bits per heavy atom. The van der Waals surface area contributed by atoms with Gasteiger partial charge < -0.3 is 8.94 Å². The monoisotopic (exact) mass is 308 g/mol. The van der Waals surface area contributed by atoms with Gasteiger partial charge in [-0.25, -0.2) is 0 Å². The van der Waals surface area contributed by atoms with Gasteiger partial charge in [-0.05, 0) is 25.3 Å². The summed E-state index contributed by atoms with van der Waals surface area (Å²) in [6.07, 6.45) is 0.666. The molecule has 104 valence electrons. The fourth-order valence-electron chi connectivity index (χ4n) is 1.60. The van der Waals surface area contributed by atoms with Crippen LogP contribution in [-0.4, -0.2) is 20.3 Å². The molecular formula is C12H12N4O2S2. The molecule has 0 aliphatic carbocycles. The van der Waals surface area contributed by atoms with Crippen molar-refractivity contribution in [2.24, 2.45) is 0 Å².